The normalized spacial score (nSPS) is 6.00. The predicted molar refractivity (Wildman–Crippen MR) is 28.7 cm³/mol. The molecule has 0 spiro atoms. The molecule has 0 aromatic rings. The molecule has 0 atom stereocenters. The summed E-state index contributed by atoms with van der Waals surface area (Å²) in [4.78, 5) is 0. The van der Waals surface area contributed by atoms with E-state index in [-0.39, 0.29) is 17.6 Å². The fraction of sp³-hybridized carbons (Fsp3) is 1.00. The van der Waals surface area contributed by atoms with Crippen LogP contribution in [0.5, 0.6) is 0 Å². The first-order valence-corrected chi connectivity index (χ1v) is 1.52. The standard InChI is InChI=1S/C3H8O.GeH4/c1-2-3-4;/h4H,2-3H2,1H3;1H4. The second-order valence-corrected chi connectivity index (χ2v) is 0.724. The minimum atomic E-state index is 0. The molecule has 2 heteroatoms. The van der Waals surface area contributed by atoms with Crippen LogP contribution in [0.3, 0.4) is 0 Å². The zero-order valence-corrected chi connectivity index (χ0v) is 2.86. The van der Waals surface area contributed by atoms with E-state index in [0.717, 1.165) is 6.42 Å². The van der Waals surface area contributed by atoms with Gasteiger partial charge in [0.1, 0.15) is 0 Å². The van der Waals surface area contributed by atoms with Crippen molar-refractivity contribution < 1.29 is 5.11 Å². The molecule has 1 N–H and O–H groups in total. The van der Waals surface area contributed by atoms with Crippen LogP contribution in [0.4, 0.5) is 0 Å². The van der Waals surface area contributed by atoms with Gasteiger partial charge in [0.2, 0.25) is 0 Å². The van der Waals surface area contributed by atoms with E-state index < -0.39 is 0 Å². The van der Waals surface area contributed by atoms with Crippen LogP contribution in [0.15, 0.2) is 0 Å². The SMILES string of the molecule is CCCO.[GeH4]. The summed E-state index contributed by atoms with van der Waals surface area (Å²) in [7, 11) is 0. The summed E-state index contributed by atoms with van der Waals surface area (Å²) in [5, 5.41) is 7.88. The van der Waals surface area contributed by atoms with E-state index in [1.54, 1.807) is 0 Å². The summed E-state index contributed by atoms with van der Waals surface area (Å²) in [6.45, 7) is 2.25. The van der Waals surface area contributed by atoms with Crippen molar-refractivity contribution >= 4 is 17.6 Å². The maximum absolute atomic E-state index is 7.88. The van der Waals surface area contributed by atoms with Gasteiger partial charge in [0.15, 0.2) is 0 Å². The van der Waals surface area contributed by atoms with Crippen molar-refractivity contribution in [1.29, 1.82) is 0 Å². The van der Waals surface area contributed by atoms with Gasteiger partial charge in [-0.1, -0.05) is 6.92 Å². The monoisotopic (exact) mass is 138 g/mol. The van der Waals surface area contributed by atoms with Crippen LogP contribution in [0.2, 0.25) is 0 Å². The van der Waals surface area contributed by atoms with Gasteiger partial charge in [-0.3, -0.25) is 0 Å². The fourth-order valence-electron chi connectivity index (χ4n) is 0. The molecule has 0 saturated carbocycles. The van der Waals surface area contributed by atoms with Crippen molar-refractivity contribution in [3.8, 4) is 0 Å². The number of hydrogen-bond acceptors (Lipinski definition) is 1. The van der Waals surface area contributed by atoms with Gasteiger partial charge in [-0.25, -0.2) is 0 Å². The third-order valence-corrected chi connectivity index (χ3v) is 0.224. The first kappa shape index (κ1) is 9.09. The van der Waals surface area contributed by atoms with E-state index in [2.05, 4.69) is 0 Å². The van der Waals surface area contributed by atoms with Gasteiger partial charge in [0.25, 0.3) is 0 Å². The van der Waals surface area contributed by atoms with Gasteiger partial charge >= 0.3 is 17.6 Å². The van der Waals surface area contributed by atoms with E-state index >= 15 is 0 Å². The Morgan fingerprint density at radius 2 is 1.80 bits per heavy atom. The molecular weight excluding hydrogens is 125 g/mol. The van der Waals surface area contributed by atoms with Crippen LogP contribution in [0.1, 0.15) is 13.3 Å². The fourth-order valence-corrected chi connectivity index (χ4v) is 0. The number of aliphatic hydroxyl groups excluding tert-OH is 1. The van der Waals surface area contributed by atoms with E-state index in [1.165, 1.54) is 0 Å². The third-order valence-electron chi connectivity index (χ3n) is 0.224. The molecule has 0 bridgehead atoms. The molecular formula is C3H12GeO. The number of rotatable bonds is 1. The Morgan fingerprint density at radius 3 is 1.80 bits per heavy atom. The summed E-state index contributed by atoms with van der Waals surface area (Å²) in [6.07, 6.45) is 0.875. The van der Waals surface area contributed by atoms with E-state index in [1.807, 2.05) is 6.92 Å². The molecule has 0 aliphatic rings. The summed E-state index contributed by atoms with van der Waals surface area (Å²) in [5.41, 5.74) is 0. The average Bonchev–Trinajstić information content (AvgIpc) is 1.37. The molecule has 0 rings (SSSR count). The van der Waals surface area contributed by atoms with E-state index in [9.17, 15) is 0 Å². The van der Waals surface area contributed by atoms with Crippen molar-refractivity contribution in [3.05, 3.63) is 0 Å². The molecule has 0 unspecified atom stereocenters. The molecule has 0 aromatic heterocycles. The Balaban J connectivity index is 0. The molecule has 1 nitrogen and oxygen atoms in total. The van der Waals surface area contributed by atoms with Crippen molar-refractivity contribution in [2.75, 3.05) is 6.61 Å². The predicted octanol–water partition coefficient (Wildman–Crippen LogP) is -1.06. The van der Waals surface area contributed by atoms with Crippen molar-refractivity contribution in [3.63, 3.8) is 0 Å². The topological polar surface area (TPSA) is 20.2 Å². The summed E-state index contributed by atoms with van der Waals surface area (Å²) >= 11 is 0. The van der Waals surface area contributed by atoms with Gasteiger partial charge in [0.05, 0.1) is 0 Å². The number of hydrogen-bond donors (Lipinski definition) is 1. The van der Waals surface area contributed by atoms with Crippen LogP contribution in [0.25, 0.3) is 0 Å². The Hall–Kier alpha value is 0.503. The molecule has 0 aliphatic carbocycles. The Morgan fingerprint density at radius 1 is 1.60 bits per heavy atom. The molecule has 0 heterocycles. The first-order chi connectivity index (χ1) is 1.91. The van der Waals surface area contributed by atoms with E-state index in [0.29, 0.717) is 6.61 Å². The Kier molecular flexibility index (Phi) is 16.0. The van der Waals surface area contributed by atoms with Crippen molar-refractivity contribution in [1.82, 2.24) is 0 Å². The van der Waals surface area contributed by atoms with Crippen LogP contribution in [-0.2, 0) is 0 Å². The Bertz CT molecular complexity index is 8.85. The Labute approximate surface area is 43.4 Å². The quantitative estimate of drug-likeness (QED) is 0.456. The zero-order valence-electron chi connectivity index (χ0n) is 2.86. The van der Waals surface area contributed by atoms with Crippen LogP contribution >= 0.6 is 0 Å². The van der Waals surface area contributed by atoms with Crippen LogP contribution in [0, 0.1) is 0 Å². The molecule has 5 heavy (non-hydrogen) atoms. The molecule has 0 amide bonds. The van der Waals surface area contributed by atoms with Crippen molar-refractivity contribution in [2.24, 2.45) is 0 Å². The molecule has 0 aliphatic heterocycles. The van der Waals surface area contributed by atoms with Gasteiger partial charge < -0.3 is 5.11 Å². The average molecular weight is 137 g/mol. The van der Waals surface area contributed by atoms with Crippen molar-refractivity contribution in [2.45, 2.75) is 13.3 Å². The molecule has 0 aromatic carbocycles. The molecule has 0 radical (unpaired) electrons. The van der Waals surface area contributed by atoms with Crippen LogP contribution < -0.4 is 0 Å². The maximum atomic E-state index is 7.88. The first-order valence-electron chi connectivity index (χ1n) is 1.52. The second kappa shape index (κ2) is 8.82. The van der Waals surface area contributed by atoms with E-state index in [4.69, 9.17) is 5.11 Å². The van der Waals surface area contributed by atoms with Gasteiger partial charge in [-0.05, 0) is 6.42 Å². The number of aliphatic hydroxyl groups is 1. The van der Waals surface area contributed by atoms with Gasteiger partial charge in [-0.2, -0.15) is 0 Å². The molecule has 34 valence electrons. The minimum absolute atomic E-state index is 0. The van der Waals surface area contributed by atoms with Crippen LogP contribution in [-0.4, -0.2) is 29.3 Å². The zero-order chi connectivity index (χ0) is 3.41. The van der Waals surface area contributed by atoms with Gasteiger partial charge in [-0.15, -0.1) is 0 Å². The summed E-state index contributed by atoms with van der Waals surface area (Å²) < 4.78 is 0. The second-order valence-electron chi connectivity index (χ2n) is 0.724. The summed E-state index contributed by atoms with van der Waals surface area (Å²) in [5.74, 6) is 0. The third kappa shape index (κ3) is 12.5. The van der Waals surface area contributed by atoms with Gasteiger partial charge in [0, 0.05) is 6.61 Å². The molecule has 0 fully saturated rings. The summed E-state index contributed by atoms with van der Waals surface area (Å²) in [6, 6.07) is 0. The molecule has 0 saturated heterocycles.